The maximum absolute atomic E-state index is 13.1. The summed E-state index contributed by atoms with van der Waals surface area (Å²) in [5, 5.41) is 17.9. The van der Waals surface area contributed by atoms with Crippen molar-refractivity contribution < 1.29 is 28.3 Å². The summed E-state index contributed by atoms with van der Waals surface area (Å²) >= 11 is 0. The number of aliphatic hydroxyl groups excluding tert-OH is 1. The maximum Gasteiger partial charge on any atom is 0.341 e. The molecule has 0 aliphatic rings. The van der Waals surface area contributed by atoms with Gasteiger partial charge < -0.3 is 9.84 Å². The summed E-state index contributed by atoms with van der Waals surface area (Å²) in [6, 6.07) is 0.799. The zero-order chi connectivity index (χ0) is 15.0. The van der Waals surface area contributed by atoms with Crippen LogP contribution in [0.1, 0.15) is 24.2 Å². The molecule has 0 saturated carbocycles. The summed E-state index contributed by atoms with van der Waals surface area (Å²) in [6.45, 7) is 3.41. The van der Waals surface area contributed by atoms with Crippen molar-refractivity contribution >= 4 is 11.7 Å². The molecule has 0 fully saturated rings. The van der Waals surface area contributed by atoms with Gasteiger partial charge in [0.1, 0.15) is 11.4 Å². The van der Waals surface area contributed by atoms with Crippen LogP contribution in [0.15, 0.2) is 12.1 Å². The molecule has 0 aromatic heterocycles. The highest BCUT2D eigenvalue weighted by Gasteiger charge is 2.22. The predicted octanol–water partition coefficient (Wildman–Crippen LogP) is 2.05. The summed E-state index contributed by atoms with van der Waals surface area (Å²) < 4.78 is 30.5. The van der Waals surface area contributed by atoms with E-state index in [1.165, 1.54) is 6.92 Å². The van der Waals surface area contributed by atoms with Crippen LogP contribution in [0, 0.1) is 21.7 Å². The van der Waals surface area contributed by atoms with Crippen molar-refractivity contribution in [1.82, 2.24) is 0 Å². The first-order chi connectivity index (χ1) is 8.88. The van der Waals surface area contributed by atoms with Crippen LogP contribution in [-0.2, 0) is 4.74 Å². The Hall–Kier alpha value is -2.09. The van der Waals surface area contributed by atoms with Gasteiger partial charge in [0.05, 0.1) is 11.5 Å². The number of carbonyl (C=O) groups excluding carboxylic acids is 1. The molecule has 1 aromatic rings. The molecule has 6 nitrogen and oxygen atoms in total. The molecular weight excluding hydrogens is 264 g/mol. The molecule has 19 heavy (non-hydrogen) atoms. The standard InChI is InChI=1S/C9H7F2NO4.C2H6O/c1-2-16-9(13)5-3-8(12(14)15)7(11)4-6(5)10;1-2-3/h3-4H,2H2,1H3;3H,2H2,1H3. The highest BCUT2D eigenvalue weighted by Crippen LogP contribution is 2.22. The van der Waals surface area contributed by atoms with Gasteiger partial charge in [-0.2, -0.15) is 4.39 Å². The van der Waals surface area contributed by atoms with Crippen LogP contribution in [0.2, 0.25) is 0 Å². The van der Waals surface area contributed by atoms with Gasteiger partial charge in [-0.05, 0) is 13.8 Å². The van der Waals surface area contributed by atoms with Crippen LogP contribution in [-0.4, -0.2) is 29.2 Å². The third kappa shape index (κ3) is 4.96. The lowest BCUT2D eigenvalue weighted by Gasteiger charge is -2.03. The van der Waals surface area contributed by atoms with Crippen molar-refractivity contribution in [2.45, 2.75) is 13.8 Å². The number of nitrogens with zero attached hydrogens (tertiary/aromatic N) is 1. The molecule has 0 unspecified atom stereocenters. The Labute approximate surface area is 107 Å². The average Bonchev–Trinajstić information content (AvgIpc) is 2.29. The lowest BCUT2D eigenvalue weighted by atomic mass is 10.2. The Balaban J connectivity index is 0.000000982. The fourth-order valence-electron chi connectivity index (χ4n) is 1.04. The minimum atomic E-state index is -1.34. The zero-order valence-electron chi connectivity index (χ0n) is 10.4. The number of ether oxygens (including phenoxy) is 1. The molecule has 0 atom stereocenters. The largest absolute Gasteiger partial charge is 0.462 e. The third-order valence-electron chi connectivity index (χ3n) is 1.73. The number of halogens is 2. The Kier molecular flexibility index (Phi) is 7.20. The summed E-state index contributed by atoms with van der Waals surface area (Å²) in [7, 11) is 0. The molecule has 0 radical (unpaired) electrons. The van der Waals surface area contributed by atoms with Gasteiger partial charge in [-0.25, -0.2) is 9.18 Å². The van der Waals surface area contributed by atoms with Crippen molar-refractivity contribution in [1.29, 1.82) is 0 Å². The lowest BCUT2D eigenvalue weighted by molar-refractivity contribution is -0.387. The molecule has 1 aromatic carbocycles. The van der Waals surface area contributed by atoms with Gasteiger partial charge in [-0.3, -0.25) is 10.1 Å². The molecule has 0 spiro atoms. The molecular formula is C11H13F2NO5. The van der Waals surface area contributed by atoms with Gasteiger partial charge in [0.25, 0.3) is 0 Å². The van der Waals surface area contributed by atoms with Gasteiger partial charge in [-0.15, -0.1) is 0 Å². The number of hydrogen-bond donors (Lipinski definition) is 1. The van der Waals surface area contributed by atoms with Crippen molar-refractivity contribution in [2.75, 3.05) is 13.2 Å². The van der Waals surface area contributed by atoms with E-state index in [1.807, 2.05) is 0 Å². The van der Waals surface area contributed by atoms with E-state index < -0.39 is 33.8 Å². The number of nitro groups is 1. The van der Waals surface area contributed by atoms with Crippen molar-refractivity contribution in [2.24, 2.45) is 0 Å². The quantitative estimate of drug-likeness (QED) is 0.518. The molecule has 0 aliphatic heterocycles. The molecule has 1 rings (SSSR count). The van der Waals surface area contributed by atoms with Crippen LogP contribution >= 0.6 is 0 Å². The fraction of sp³-hybridized carbons (Fsp3) is 0.364. The van der Waals surface area contributed by atoms with Gasteiger partial charge in [0.2, 0.25) is 5.82 Å². The Morgan fingerprint density at radius 1 is 1.37 bits per heavy atom. The number of rotatable bonds is 3. The van der Waals surface area contributed by atoms with Gasteiger partial charge in [0.15, 0.2) is 0 Å². The molecule has 1 N–H and O–H groups in total. The van der Waals surface area contributed by atoms with E-state index in [9.17, 15) is 23.7 Å². The van der Waals surface area contributed by atoms with Crippen LogP contribution in [0.25, 0.3) is 0 Å². The van der Waals surface area contributed by atoms with Gasteiger partial charge >= 0.3 is 11.7 Å². The first kappa shape index (κ1) is 16.9. The molecule has 106 valence electrons. The zero-order valence-corrected chi connectivity index (χ0v) is 10.4. The Morgan fingerprint density at radius 2 is 1.89 bits per heavy atom. The van der Waals surface area contributed by atoms with E-state index in [1.54, 1.807) is 6.92 Å². The molecule has 0 amide bonds. The maximum atomic E-state index is 13.1. The van der Waals surface area contributed by atoms with Crippen molar-refractivity contribution in [3.05, 3.63) is 39.4 Å². The summed E-state index contributed by atoms with van der Waals surface area (Å²) in [6.07, 6.45) is 0. The average molecular weight is 277 g/mol. The van der Waals surface area contributed by atoms with E-state index in [4.69, 9.17) is 5.11 Å². The number of nitro benzene ring substituents is 1. The second kappa shape index (κ2) is 8.09. The summed E-state index contributed by atoms with van der Waals surface area (Å²) in [5.41, 5.74) is -1.63. The van der Waals surface area contributed by atoms with E-state index in [0.717, 1.165) is 0 Å². The SMILES string of the molecule is CCO.CCOC(=O)c1cc([N+](=O)[O-])c(F)cc1F. The van der Waals surface area contributed by atoms with Gasteiger partial charge in [-0.1, -0.05) is 0 Å². The van der Waals surface area contributed by atoms with Crippen LogP contribution in [0.3, 0.4) is 0 Å². The third-order valence-corrected chi connectivity index (χ3v) is 1.73. The van der Waals surface area contributed by atoms with Crippen molar-refractivity contribution in [3.8, 4) is 0 Å². The summed E-state index contributed by atoms with van der Waals surface area (Å²) in [5.74, 6) is -3.60. The van der Waals surface area contributed by atoms with Crippen LogP contribution < -0.4 is 0 Å². The van der Waals surface area contributed by atoms with E-state index in [-0.39, 0.29) is 19.3 Å². The number of esters is 1. The van der Waals surface area contributed by atoms with E-state index in [2.05, 4.69) is 4.74 Å². The van der Waals surface area contributed by atoms with E-state index >= 15 is 0 Å². The number of benzene rings is 1. The highest BCUT2D eigenvalue weighted by molar-refractivity contribution is 5.90. The molecule has 0 aliphatic carbocycles. The van der Waals surface area contributed by atoms with Crippen LogP contribution in [0.5, 0.6) is 0 Å². The normalized spacial score (nSPS) is 9.32. The first-order valence-corrected chi connectivity index (χ1v) is 5.30. The summed E-state index contributed by atoms with van der Waals surface area (Å²) in [4.78, 5) is 20.5. The topological polar surface area (TPSA) is 89.7 Å². The minimum Gasteiger partial charge on any atom is -0.462 e. The fourth-order valence-corrected chi connectivity index (χ4v) is 1.04. The Bertz CT molecular complexity index is 465. The predicted molar refractivity (Wildman–Crippen MR) is 61.7 cm³/mol. The number of hydrogen-bond acceptors (Lipinski definition) is 5. The first-order valence-electron chi connectivity index (χ1n) is 5.30. The van der Waals surface area contributed by atoms with Crippen LogP contribution in [0.4, 0.5) is 14.5 Å². The molecule has 0 heterocycles. The monoisotopic (exact) mass is 277 g/mol. The lowest BCUT2D eigenvalue weighted by Crippen LogP contribution is -2.08. The minimum absolute atomic E-state index is 0.0105. The van der Waals surface area contributed by atoms with Crippen molar-refractivity contribution in [3.63, 3.8) is 0 Å². The second-order valence-electron chi connectivity index (χ2n) is 3.08. The number of aliphatic hydroxyl groups is 1. The number of carbonyl (C=O) groups is 1. The van der Waals surface area contributed by atoms with Gasteiger partial charge in [0, 0.05) is 18.7 Å². The molecule has 0 saturated heterocycles. The second-order valence-corrected chi connectivity index (χ2v) is 3.08. The molecule has 8 heteroatoms. The molecule has 0 bridgehead atoms. The highest BCUT2D eigenvalue weighted by atomic mass is 19.1. The Morgan fingerprint density at radius 3 is 2.32 bits per heavy atom. The smallest absolute Gasteiger partial charge is 0.341 e. The van der Waals surface area contributed by atoms with E-state index in [0.29, 0.717) is 6.07 Å².